The van der Waals surface area contributed by atoms with Crippen LogP contribution in [0.3, 0.4) is 0 Å². The number of nitrogens with one attached hydrogen (secondary N) is 1. The number of nitrogens with zero attached hydrogens (tertiary/aromatic N) is 2. The minimum atomic E-state index is -4.31. The summed E-state index contributed by atoms with van der Waals surface area (Å²) in [5.74, 6) is -0.511. The lowest BCUT2D eigenvalue weighted by atomic mass is 10.5. The highest BCUT2D eigenvalue weighted by Gasteiger charge is 2.28. The Bertz CT molecular complexity index is 362. The summed E-state index contributed by atoms with van der Waals surface area (Å²) in [7, 11) is 1.22. The van der Waals surface area contributed by atoms with Crippen molar-refractivity contribution in [2.24, 2.45) is 0 Å². The molecule has 0 amide bonds. The molecule has 0 aliphatic rings. The second-order valence-electron chi connectivity index (χ2n) is 2.97. The lowest BCUT2D eigenvalue weighted by molar-refractivity contribution is -0.142. The third-order valence-corrected chi connectivity index (χ3v) is 1.64. The highest BCUT2D eigenvalue weighted by atomic mass is 19.4. The Balaban J connectivity index is 2.49. The van der Waals surface area contributed by atoms with Crippen molar-refractivity contribution in [3.63, 3.8) is 0 Å². The maximum atomic E-state index is 12.0. The van der Waals surface area contributed by atoms with Crippen molar-refractivity contribution in [3.05, 3.63) is 12.4 Å². The summed E-state index contributed by atoms with van der Waals surface area (Å²) in [5.41, 5.74) is 0.328. The first kappa shape index (κ1) is 12.3. The number of rotatable bonds is 4. The monoisotopic (exact) mass is 237 g/mol. The fourth-order valence-corrected chi connectivity index (χ4v) is 0.971. The Morgan fingerprint density at radius 1 is 1.62 bits per heavy atom. The maximum Gasteiger partial charge on any atom is 0.408 e. The normalized spacial score (nSPS) is 11.2. The predicted octanol–water partition coefficient (Wildman–Crippen LogP) is 1.03. The zero-order valence-corrected chi connectivity index (χ0v) is 8.41. The fourth-order valence-electron chi connectivity index (χ4n) is 0.971. The molecule has 1 N–H and O–H groups in total. The number of aromatic nitrogens is 2. The molecular weight excluding hydrogens is 227 g/mol. The molecule has 0 spiro atoms. The molecule has 0 aromatic carbocycles. The van der Waals surface area contributed by atoms with Gasteiger partial charge in [0.2, 0.25) is 0 Å². The fraction of sp³-hybridized carbons (Fsp3) is 0.500. The van der Waals surface area contributed by atoms with Crippen LogP contribution in [-0.4, -0.2) is 35.6 Å². The van der Waals surface area contributed by atoms with Gasteiger partial charge in [0.1, 0.15) is 13.1 Å². The van der Waals surface area contributed by atoms with E-state index in [4.69, 9.17) is 0 Å². The van der Waals surface area contributed by atoms with Crippen LogP contribution < -0.4 is 5.32 Å². The lowest BCUT2D eigenvalue weighted by Gasteiger charge is -2.05. The Kier molecular flexibility index (Phi) is 3.75. The van der Waals surface area contributed by atoms with Gasteiger partial charge in [0.05, 0.1) is 19.0 Å². The van der Waals surface area contributed by atoms with E-state index in [0.29, 0.717) is 5.69 Å². The molecular formula is C8H10F3N3O2. The Morgan fingerprint density at radius 3 is 2.88 bits per heavy atom. The molecule has 5 nitrogen and oxygen atoms in total. The van der Waals surface area contributed by atoms with Gasteiger partial charge in [-0.3, -0.25) is 9.48 Å². The summed E-state index contributed by atoms with van der Waals surface area (Å²) >= 11 is 0. The van der Waals surface area contributed by atoms with E-state index in [1.165, 1.54) is 13.3 Å². The number of hydrogen-bond donors (Lipinski definition) is 1. The molecule has 1 aromatic rings. The van der Waals surface area contributed by atoms with Gasteiger partial charge in [-0.15, -0.1) is 0 Å². The first-order valence-corrected chi connectivity index (χ1v) is 4.30. The minimum absolute atomic E-state index is 0.117. The number of hydrogen-bond acceptors (Lipinski definition) is 4. The first-order chi connectivity index (χ1) is 7.40. The number of halogens is 3. The quantitative estimate of drug-likeness (QED) is 0.794. The molecule has 0 radical (unpaired) electrons. The average molecular weight is 237 g/mol. The van der Waals surface area contributed by atoms with Crippen molar-refractivity contribution in [2.75, 3.05) is 19.0 Å². The third-order valence-electron chi connectivity index (χ3n) is 1.64. The molecule has 0 saturated carbocycles. The molecule has 16 heavy (non-hydrogen) atoms. The summed E-state index contributed by atoms with van der Waals surface area (Å²) in [4.78, 5) is 10.7. The van der Waals surface area contributed by atoms with Crippen LogP contribution in [-0.2, 0) is 16.1 Å². The molecule has 1 heterocycles. The highest BCUT2D eigenvalue weighted by Crippen LogP contribution is 2.17. The van der Waals surface area contributed by atoms with Crippen molar-refractivity contribution in [1.82, 2.24) is 9.78 Å². The maximum absolute atomic E-state index is 12.0. The molecule has 1 rings (SSSR count). The molecule has 0 aliphatic carbocycles. The number of esters is 1. The summed E-state index contributed by atoms with van der Waals surface area (Å²) in [6.45, 7) is -1.28. The largest absolute Gasteiger partial charge is 0.468 e. The van der Waals surface area contributed by atoms with Crippen LogP contribution in [0.1, 0.15) is 0 Å². The number of carbonyl (C=O) groups is 1. The molecule has 0 aliphatic heterocycles. The van der Waals surface area contributed by atoms with Gasteiger partial charge in [-0.2, -0.15) is 18.3 Å². The van der Waals surface area contributed by atoms with Gasteiger partial charge in [0.25, 0.3) is 0 Å². The third kappa shape index (κ3) is 4.20. The van der Waals surface area contributed by atoms with Crippen molar-refractivity contribution in [1.29, 1.82) is 0 Å². The number of anilines is 1. The molecule has 0 unspecified atom stereocenters. The molecule has 0 bridgehead atoms. The van der Waals surface area contributed by atoms with Gasteiger partial charge in [0, 0.05) is 6.20 Å². The van der Waals surface area contributed by atoms with E-state index in [2.05, 4.69) is 15.2 Å². The molecule has 1 aromatic heterocycles. The van der Waals surface area contributed by atoms with E-state index in [0.717, 1.165) is 10.9 Å². The van der Waals surface area contributed by atoms with Crippen LogP contribution in [0.25, 0.3) is 0 Å². The second-order valence-corrected chi connectivity index (χ2v) is 2.97. The number of alkyl halides is 3. The highest BCUT2D eigenvalue weighted by molar-refractivity contribution is 5.74. The van der Waals surface area contributed by atoms with Crippen LogP contribution >= 0.6 is 0 Å². The van der Waals surface area contributed by atoms with Crippen molar-refractivity contribution >= 4 is 11.7 Å². The predicted molar refractivity (Wildman–Crippen MR) is 48.8 cm³/mol. The minimum Gasteiger partial charge on any atom is -0.468 e. The lowest BCUT2D eigenvalue weighted by Crippen LogP contribution is -2.18. The molecule has 90 valence electrons. The first-order valence-electron chi connectivity index (χ1n) is 4.30. The average Bonchev–Trinajstić information content (AvgIpc) is 2.59. The molecule has 0 fully saturated rings. The summed E-state index contributed by atoms with van der Waals surface area (Å²) in [6.07, 6.45) is -1.95. The van der Waals surface area contributed by atoms with E-state index in [9.17, 15) is 18.0 Å². The van der Waals surface area contributed by atoms with Crippen LogP contribution in [0.2, 0.25) is 0 Å². The van der Waals surface area contributed by atoms with E-state index in [1.807, 2.05) is 0 Å². The van der Waals surface area contributed by atoms with E-state index in [-0.39, 0.29) is 6.54 Å². The molecule has 0 atom stereocenters. The van der Waals surface area contributed by atoms with E-state index < -0.39 is 18.7 Å². The van der Waals surface area contributed by atoms with Crippen LogP contribution in [0.5, 0.6) is 0 Å². The van der Waals surface area contributed by atoms with Crippen molar-refractivity contribution in [2.45, 2.75) is 12.7 Å². The zero-order chi connectivity index (χ0) is 12.2. The summed E-state index contributed by atoms with van der Waals surface area (Å²) in [5, 5.41) is 6.06. The molecule has 8 heteroatoms. The Labute approximate surface area is 89.2 Å². The summed E-state index contributed by atoms with van der Waals surface area (Å²) < 4.78 is 41.0. The van der Waals surface area contributed by atoms with Crippen molar-refractivity contribution < 1.29 is 22.7 Å². The Morgan fingerprint density at radius 2 is 2.31 bits per heavy atom. The van der Waals surface area contributed by atoms with Gasteiger partial charge in [-0.1, -0.05) is 0 Å². The molecule has 0 saturated heterocycles. The van der Waals surface area contributed by atoms with E-state index >= 15 is 0 Å². The number of ether oxygens (including phenoxy) is 1. The van der Waals surface area contributed by atoms with Crippen LogP contribution in [0.4, 0.5) is 18.9 Å². The zero-order valence-electron chi connectivity index (χ0n) is 8.41. The topological polar surface area (TPSA) is 56.1 Å². The number of carbonyl (C=O) groups excluding carboxylic acids is 1. The second kappa shape index (κ2) is 4.86. The van der Waals surface area contributed by atoms with Gasteiger partial charge in [0.15, 0.2) is 0 Å². The standard InChI is InChI=1S/C8H10F3N3O2/c1-16-7(15)3-12-6-2-13-14(4-6)5-8(9,10)11/h2,4,12H,3,5H2,1H3. The smallest absolute Gasteiger partial charge is 0.408 e. The van der Waals surface area contributed by atoms with Crippen LogP contribution in [0, 0.1) is 0 Å². The van der Waals surface area contributed by atoms with Crippen LogP contribution in [0.15, 0.2) is 12.4 Å². The summed E-state index contributed by atoms with van der Waals surface area (Å²) in [6, 6.07) is 0. The van der Waals surface area contributed by atoms with Gasteiger partial charge in [-0.25, -0.2) is 0 Å². The number of methoxy groups -OCH3 is 1. The SMILES string of the molecule is COC(=O)CNc1cnn(CC(F)(F)F)c1. The Hall–Kier alpha value is -1.73. The van der Waals surface area contributed by atoms with Gasteiger partial charge < -0.3 is 10.1 Å². The van der Waals surface area contributed by atoms with Crippen molar-refractivity contribution in [3.8, 4) is 0 Å². The van der Waals surface area contributed by atoms with Gasteiger partial charge >= 0.3 is 12.1 Å². The van der Waals surface area contributed by atoms with Gasteiger partial charge in [-0.05, 0) is 0 Å². The van der Waals surface area contributed by atoms with E-state index in [1.54, 1.807) is 0 Å².